The second-order valence-electron chi connectivity index (χ2n) is 7.55. The molecular weight excluding hydrogens is 426 g/mol. The number of rotatable bonds is 13. The number of aromatic amines is 1. The molecule has 3 atom stereocenters. The van der Waals surface area contributed by atoms with Crippen LogP contribution in [0.15, 0.2) is 47.8 Å². The van der Waals surface area contributed by atoms with Crippen LogP contribution >= 0.6 is 0 Å². The number of H-pyrrole nitrogens is 1. The lowest BCUT2D eigenvalue weighted by atomic mass is 10.0. The molecule has 0 spiro atoms. The number of amides is 3. The van der Waals surface area contributed by atoms with Crippen molar-refractivity contribution in [2.75, 3.05) is 6.54 Å². The Morgan fingerprint density at radius 1 is 1.00 bits per heavy atom. The average Bonchev–Trinajstić information content (AvgIpc) is 3.28. The molecule has 3 amide bonds. The molecule has 11 N–H and O–H groups in total. The highest BCUT2D eigenvalue weighted by Gasteiger charge is 2.27. The summed E-state index contributed by atoms with van der Waals surface area (Å²) < 4.78 is 0. The molecule has 178 valence electrons. The van der Waals surface area contributed by atoms with Gasteiger partial charge in [-0.1, -0.05) is 30.3 Å². The van der Waals surface area contributed by atoms with Crippen LogP contribution in [0.25, 0.3) is 0 Å². The van der Waals surface area contributed by atoms with Crippen molar-refractivity contribution in [2.24, 2.45) is 27.9 Å². The van der Waals surface area contributed by atoms with Crippen molar-refractivity contribution in [3.63, 3.8) is 0 Å². The molecule has 0 saturated carbocycles. The number of carbonyl (C=O) groups is 3. The Hall–Kier alpha value is -3.93. The molecule has 12 nitrogen and oxygen atoms in total. The van der Waals surface area contributed by atoms with Gasteiger partial charge in [0, 0.05) is 31.3 Å². The molecule has 12 heteroatoms. The third kappa shape index (κ3) is 8.99. The molecule has 0 aliphatic rings. The van der Waals surface area contributed by atoms with Crippen molar-refractivity contribution in [2.45, 2.75) is 43.8 Å². The summed E-state index contributed by atoms with van der Waals surface area (Å²) in [6.07, 6.45) is 4.15. The van der Waals surface area contributed by atoms with E-state index in [1.54, 1.807) is 6.20 Å². The first-order valence-corrected chi connectivity index (χ1v) is 10.5. The molecule has 33 heavy (non-hydrogen) atoms. The van der Waals surface area contributed by atoms with E-state index in [9.17, 15) is 14.4 Å². The van der Waals surface area contributed by atoms with Gasteiger partial charge in [-0.25, -0.2) is 4.98 Å². The zero-order valence-electron chi connectivity index (χ0n) is 18.2. The van der Waals surface area contributed by atoms with Crippen LogP contribution in [0.3, 0.4) is 0 Å². The molecule has 2 aromatic rings. The van der Waals surface area contributed by atoms with Crippen molar-refractivity contribution in [3.8, 4) is 0 Å². The Bertz CT molecular complexity index is 928. The fourth-order valence-corrected chi connectivity index (χ4v) is 3.13. The third-order valence-electron chi connectivity index (χ3n) is 4.85. The highest BCUT2D eigenvalue weighted by atomic mass is 16.2. The minimum atomic E-state index is -0.965. The number of carbonyl (C=O) groups excluding carboxylic acids is 3. The lowest BCUT2D eigenvalue weighted by Gasteiger charge is -2.23. The summed E-state index contributed by atoms with van der Waals surface area (Å²) in [4.78, 5) is 48.2. The van der Waals surface area contributed by atoms with Crippen molar-refractivity contribution in [3.05, 3.63) is 54.1 Å². The molecule has 0 fully saturated rings. The lowest BCUT2D eigenvalue weighted by molar-refractivity contribution is -0.131. The number of nitrogens with zero attached hydrogens (tertiary/aromatic N) is 2. The standard InChI is InChI=1S/C21H31N9O3/c22-15(10-14-11-26-12-28-14)19(32)30-17(9-13-5-2-1-3-6-13)20(33)29-16(18(23)31)7-4-8-27-21(24)25/h1-3,5-6,11-12,15-17H,4,7-10,22H2,(H2,23,31)(H,26,28)(H,29,33)(H,30,32)(H4,24,25,27)/t15-,16-,17+/m0/s1. The maximum Gasteiger partial charge on any atom is 0.243 e. The second kappa shape index (κ2) is 12.8. The minimum Gasteiger partial charge on any atom is -0.370 e. The van der Waals surface area contributed by atoms with Gasteiger partial charge in [-0.05, 0) is 18.4 Å². The summed E-state index contributed by atoms with van der Waals surface area (Å²) in [5.41, 5.74) is 23.5. The number of nitrogens with one attached hydrogen (secondary N) is 3. The zero-order valence-corrected chi connectivity index (χ0v) is 18.2. The third-order valence-corrected chi connectivity index (χ3v) is 4.85. The van der Waals surface area contributed by atoms with Crippen LogP contribution < -0.4 is 33.6 Å². The Labute approximate surface area is 191 Å². The molecule has 2 rings (SSSR count). The molecule has 1 aromatic carbocycles. The van der Waals surface area contributed by atoms with Crippen molar-refractivity contribution in [1.82, 2.24) is 20.6 Å². The summed E-state index contributed by atoms with van der Waals surface area (Å²) in [5, 5.41) is 5.31. The van der Waals surface area contributed by atoms with Gasteiger partial charge in [-0.15, -0.1) is 0 Å². The van der Waals surface area contributed by atoms with E-state index in [0.29, 0.717) is 12.1 Å². The van der Waals surface area contributed by atoms with E-state index < -0.39 is 35.8 Å². The molecule has 0 bridgehead atoms. The fourth-order valence-electron chi connectivity index (χ4n) is 3.13. The van der Waals surface area contributed by atoms with E-state index in [-0.39, 0.29) is 31.8 Å². The highest BCUT2D eigenvalue weighted by molar-refractivity contribution is 5.92. The molecule has 0 saturated heterocycles. The van der Waals surface area contributed by atoms with Crippen molar-refractivity contribution >= 4 is 23.7 Å². The van der Waals surface area contributed by atoms with Gasteiger partial charge < -0.3 is 38.6 Å². The van der Waals surface area contributed by atoms with Gasteiger partial charge >= 0.3 is 0 Å². The first-order chi connectivity index (χ1) is 15.8. The Morgan fingerprint density at radius 3 is 2.30 bits per heavy atom. The van der Waals surface area contributed by atoms with Crippen LogP contribution in [0.1, 0.15) is 24.1 Å². The number of hydrogen-bond acceptors (Lipinski definition) is 6. The summed E-state index contributed by atoms with van der Waals surface area (Å²) in [6.45, 7) is 0.286. The number of aliphatic imine (C=N–C) groups is 1. The van der Waals surface area contributed by atoms with Crippen LogP contribution in [-0.4, -0.2) is 58.3 Å². The first kappa shape index (κ1) is 25.3. The summed E-state index contributed by atoms with van der Waals surface area (Å²) in [5.74, 6) is -1.82. The van der Waals surface area contributed by atoms with Crippen LogP contribution in [0.2, 0.25) is 0 Å². The van der Waals surface area contributed by atoms with Crippen LogP contribution in [0.4, 0.5) is 0 Å². The van der Waals surface area contributed by atoms with Gasteiger partial charge in [0.2, 0.25) is 17.7 Å². The average molecular weight is 458 g/mol. The maximum atomic E-state index is 13.0. The number of guanidine groups is 1. The Kier molecular flexibility index (Phi) is 9.83. The van der Waals surface area contributed by atoms with Gasteiger partial charge in [0.1, 0.15) is 12.1 Å². The molecular formula is C21H31N9O3. The van der Waals surface area contributed by atoms with Crippen LogP contribution in [0, 0.1) is 0 Å². The van der Waals surface area contributed by atoms with Crippen molar-refractivity contribution < 1.29 is 14.4 Å². The van der Waals surface area contributed by atoms with Gasteiger partial charge in [-0.3, -0.25) is 19.4 Å². The maximum absolute atomic E-state index is 13.0. The predicted molar refractivity (Wildman–Crippen MR) is 123 cm³/mol. The normalized spacial score (nSPS) is 13.4. The lowest BCUT2D eigenvalue weighted by Crippen LogP contribution is -2.56. The first-order valence-electron chi connectivity index (χ1n) is 10.5. The van der Waals surface area contributed by atoms with Gasteiger partial charge in [0.05, 0.1) is 12.4 Å². The monoisotopic (exact) mass is 457 g/mol. The number of hydrogen-bond donors (Lipinski definition) is 7. The van der Waals surface area contributed by atoms with Gasteiger partial charge in [-0.2, -0.15) is 0 Å². The molecule has 1 heterocycles. The van der Waals surface area contributed by atoms with Gasteiger partial charge in [0.15, 0.2) is 5.96 Å². The van der Waals surface area contributed by atoms with E-state index in [1.165, 1.54) is 6.33 Å². The van der Waals surface area contributed by atoms with Crippen LogP contribution in [0.5, 0.6) is 0 Å². The van der Waals surface area contributed by atoms with E-state index in [0.717, 1.165) is 5.56 Å². The highest BCUT2D eigenvalue weighted by Crippen LogP contribution is 2.06. The minimum absolute atomic E-state index is 0.0632. The number of primary amides is 1. The number of imidazole rings is 1. The topological polar surface area (TPSA) is 220 Å². The summed E-state index contributed by atoms with van der Waals surface area (Å²) in [6, 6.07) is 6.35. The molecule has 0 radical (unpaired) electrons. The number of aromatic nitrogens is 2. The summed E-state index contributed by atoms with van der Waals surface area (Å²) in [7, 11) is 0. The molecule has 0 unspecified atom stereocenters. The number of nitrogens with two attached hydrogens (primary N) is 4. The smallest absolute Gasteiger partial charge is 0.243 e. The Morgan fingerprint density at radius 2 is 1.70 bits per heavy atom. The molecule has 0 aliphatic carbocycles. The fraction of sp³-hybridized carbons (Fsp3) is 0.381. The quantitative estimate of drug-likeness (QED) is 0.102. The Balaban J connectivity index is 2.07. The van der Waals surface area contributed by atoms with E-state index >= 15 is 0 Å². The molecule has 1 aromatic heterocycles. The SMILES string of the molecule is NC(=O)[C@H](CCCN=C(N)N)NC(=O)[C@@H](Cc1ccccc1)NC(=O)[C@@H](N)Cc1cnc[nH]1. The van der Waals surface area contributed by atoms with E-state index in [4.69, 9.17) is 22.9 Å². The van der Waals surface area contributed by atoms with Gasteiger partial charge in [0.25, 0.3) is 0 Å². The van der Waals surface area contributed by atoms with E-state index in [2.05, 4.69) is 25.6 Å². The largest absolute Gasteiger partial charge is 0.370 e. The van der Waals surface area contributed by atoms with Crippen molar-refractivity contribution in [1.29, 1.82) is 0 Å². The van der Waals surface area contributed by atoms with Crippen LogP contribution in [-0.2, 0) is 27.2 Å². The predicted octanol–water partition coefficient (Wildman–Crippen LogP) is -1.97. The zero-order chi connectivity index (χ0) is 24.2. The molecule has 0 aliphatic heterocycles. The van der Waals surface area contributed by atoms with E-state index in [1.807, 2.05) is 30.3 Å². The number of benzene rings is 1. The summed E-state index contributed by atoms with van der Waals surface area (Å²) >= 11 is 0. The second-order valence-corrected chi connectivity index (χ2v) is 7.55.